The van der Waals surface area contributed by atoms with Crippen LogP contribution in [0, 0.1) is 11.8 Å². The van der Waals surface area contributed by atoms with Crippen molar-refractivity contribution < 1.29 is 21.6 Å². The third kappa shape index (κ3) is 3.08. The van der Waals surface area contributed by atoms with Crippen LogP contribution in [0.25, 0.3) is 0 Å². The highest BCUT2D eigenvalue weighted by Gasteiger charge is 2.50. The Hall–Kier alpha value is -1.12. The van der Waals surface area contributed by atoms with Gasteiger partial charge in [-0.2, -0.15) is 17.5 Å². The Morgan fingerprint density at radius 2 is 1.84 bits per heavy atom. The largest absolute Gasteiger partial charge is 0.416 e. The van der Waals surface area contributed by atoms with Crippen LogP contribution in [0.15, 0.2) is 29.2 Å². The zero-order valence-electron chi connectivity index (χ0n) is 13.7. The van der Waals surface area contributed by atoms with E-state index in [1.165, 1.54) is 12.1 Å². The molecule has 1 heterocycles. The SMILES string of the molecule is O=S(=O)(c1cccc(C(F)(F)F)c1)N(C1CC1)[C@H]1CC[C@H]2CNC[C@H]21. The summed E-state index contributed by atoms with van der Waals surface area (Å²) in [6.07, 6.45) is -1.20. The van der Waals surface area contributed by atoms with Gasteiger partial charge in [0.1, 0.15) is 0 Å². The highest BCUT2D eigenvalue weighted by atomic mass is 32.2. The highest BCUT2D eigenvalue weighted by Crippen LogP contribution is 2.44. The lowest BCUT2D eigenvalue weighted by Crippen LogP contribution is -2.45. The lowest BCUT2D eigenvalue weighted by Gasteiger charge is -2.32. The first-order valence-electron chi connectivity index (χ1n) is 8.70. The molecule has 1 N–H and O–H groups in total. The van der Waals surface area contributed by atoms with E-state index in [-0.39, 0.29) is 22.9 Å². The second-order valence-electron chi connectivity index (χ2n) is 7.32. The zero-order valence-corrected chi connectivity index (χ0v) is 14.5. The van der Waals surface area contributed by atoms with Gasteiger partial charge in [-0.15, -0.1) is 0 Å². The number of fused-ring (bicyclic) bond motifs is 1. The van der Waals surface area contributed by atoms with Crippen LogP contribution in [-0.2, 0) is 16.2 Å². The molecule has 2 saturated carbocycles. The third-order valence-electron chi connectivity index (χ3n) is 5.69. The Morgan fingerprint density at radius 1 is 1.08 bits per heavy atom. The second-order valence-corrected chi connectivity index (χ2v) is 9.16. The van der Waals surface area contributed by atoms with Crippen molar-refractivity contribution in [1.29, 1.82) is 0 Å². The summed E-state index contributed by atoms with van der Waals surface area (Å²) >= 11 is 0. The van der Waals surface area contributed by atoms with Gasteiger partial charge >= 0.3 is 6.18 Å². The molecule has 3 fully saturated rings. The number of halogens is 3. The summed E-state index contributed by atoms with van der Waals surface area (Å²) in [6.45, 7) is 1.69. The molecule has 3 aliphatic rings. The summed E-state index contributed by atoms with van der Waals surface area (Å²) in [5.41, 5.74) is -0.920. The predicted octanol–water partition coefficient (Wildman–Crippen LogP) is 2.86. The van der Waals surface area contributed by atoms with Gasteiger partial charge in [-0.3, -0.25) is 0 Å². The molecule has 0 unspecified atom stereocenters. The zero-order chi connectivity index (χ0) is 17.8. The minimum Gasteiger partial charge on any atom is -0.316 e. The molecule has 0 radical (unpaired) electrons. The van der Waals surface area contributed by atoms with Crippen LogP contribution in [0.5, 0.6) is 0 Å². The first-order valence-corrected chi connectivity index (χ1v) is 10.1. The van der Waals surface area contributed by atoms with Crippen molar-refractivity contribution in [2.45, 2.75) is 48.8 Å². The van der Waals surface area contributed by atoms with E-state index >= 15 is 0 Å². The van der Waals surface area contributed by atoms with Crippen molar-refractivity contribution in [3.05, 3.63) is 29.8 Å². The summed E-state index contributed by atoms with van der Waals surface area (Å²) in [5.74, 6) is 0.740. The van der Waals surface area contributed by atoms with Crippen molar-refractivity contribution in [3.8, 4) is 0 Å². The van der Waals surface area contributed by atoms with Crippen LogP contribution in [-0.4, -0.2) is 37.9 Å². The van der Waals surface area contributed by atoms with E-state index in [1.807, 2.05) is 0 Å². The van der Waals surface area contributed by atoms with Gasteiger partial charge in [0.15, 0.2) is 0 Å². The van der Waals surface area contributed by atoms with E-state index in [4.69, 9.17) is 0 Å². The second kappa shape index (κ2) is 5.96. The van der Waals surface area contributed by atoms with Crippen LogP contribution in [0.1, 0.15) is 31.2 Å². The number of benzene rings is 1. The molecular weight excluding hydrogens is 353 g/mol. The van der Waals surface area contributed by atoms with Gasteiger partial charge in [-0.1, -0.05) is 6.07 Å². The van der Waals surface area contributed by atoms with E-state index < -0.39 is 21.8 Å². The Morgan fingerprint density at radius 3 is 2.52 bits per heavy atom. The van der Waals surface area contributed by atoms with Crippen molar-refractivity contribution >= 4 is 10.0 Å². The van der Waals surface area contributed by atoms with Crippen LogP contribution in [0.4, 0.5) is 13.2 Å². The smallest absolute Gasteiger partial charge is 0.316 e. The molecule has 1 aromatic carbocycles. The fraction of sp³-hybridized carbons (Fsp3) is 0.647. The summed E-state index contributed by atoms with van der Waals surface area (Å²) in [4.78, 5) is -0.247. The Labute approximate surface area is 145 Å². The molecule has 0 spiro atoms. The lowest BCUT2D eigenvalue weighted by molar-refractivity contribution is -0.137. The summed E-state index contributed by atoms with van der Waals surface area (Å²) < 4.78 is 66.9. The minimum atomic E-state index is -4.55. The molecule has 1 aromatic rings. The summed E-state index contributed by atoms with van der Waals surface area (Å²) in [5, 5.41) is 3.32. The number of nitrogens with one attached hydrogen (secondary N) is 1. The number of hydrogen-bond donors (Lipinski definition) is 1. The molecular formula is C17H21F3N2O2S. The van der Waals surface area contributed by atoms with Gasteiger partial charge in [0.25, 0.3) is 0 Å². The van der Waals surface area contributed by atoms with Crippen molar-refractivity contribution in [1.82, 2.24) is 9.62 Å². The molecule has 1 saturated heterocycles. The molecule has 0 aromatic heterocycles. The number of nitrogens with zero attached hydrogens (tertiary/aromatic N) is 1. The fourth-order valence-corrected chi connectivity index (χ4v) is 6.35. The molecule has 4 nitrogen and oxygen atoms in total. The molecule has 25 heavy (non-hydrogen) atoms. The first kappa shape index (κ1) is 17.3. The van der Waals surface area contributed by atoms with E-state index in [1.54, 1.807) is 4.31 Å². The number of alkyl halides is 3. The third-order valence-corrected chi connectivity index (χ3v) is 7.66. The van der Waals surface area contributed by atoms with E-state index in [0.717, 1.165) is 50.9 Å². The van der Waals surface area contributed by atoms with Gasteiger partial charge in [-0.25, -0.2) is 8.42 Å². The van der Waals surface area contributed by atoms with Crippen LogP contribution < -0.4 is 5.32 Å². The van der Waals surface area contributed by atoms with Crippen LogP contribution in [0.3, 0.4) is 0 Å². The van der Waals surface area contributed by atoms with Crippen molar-refractivity contribution in [2.24, 2.45) is 11.8 Å². The standard InChI is InChI=1S/C17H21F3N2O2S/c18-17(19,20)12-2-1-3-14(8-12)25(23,24)22(13-5-6-13)16-7-4-11-9-21-10-15(11)16/h1-3,8,11,13,15-16,21H,4-7,9-10H2/t11-,15+,16-/m0/s1. The highest BCUT2D eigenvalue weighted by molar-refractivity contribution is 7.89. The average molecular weight is 374 g/mol. The van der Waals surface area contributed by atoms with Gasteiger partial charge in [0.05, 0.1) is 10.5 Å². The minimum absolute atomic E-state index is 0.0658. The van der Waals surface area contributed by atoms with Gasteiger partial charge < -0.3 is 5.32 Å². The molecule has 3 atom stereocenters. The Kier molecular flexibility index (Phi) is 4.12. The quantitative estimate of drug-likeness (QED) is 0.882. The first-order chi connectivity index (χ1) is 11.8. The molecule has 8 heteroatoms. The van der Waals surface area contributed by atoms with Crippen molar-refractivity contribution in [3.63, 3.8) is 0 Å². The molecule has 0 amide bonds. The van der Waals surface area contributed by atoms with E-state index in [2.05, 4.69) is 5.32 Å². The van der Waals surface area contributed by atoms with E-state index in [9.17, 15) is 21.6 Å². The van der Waals surface area contributed by atoms with Gasteiger partial charge in [-0.05, 0) is 68.8 Å². The molecule has 138 valence electrons. The van der Waals surface area contributed by atoms with Gasteiger partial charge in [0, 0.05) is 12.1 Å². The lowest BCUT2D eigenvalue weighted by atomic mass is 9.98. The van der Waals surface area contributed by atoms with Crippen LogP contribution >= 0.6 is 0 Å². The monoisotopic (exact) mass is 374 g/mol. The Bertz CT molecular complexity index is 761. The summed E-state index contributed by atoms with van der Waals surface area (Å²) in [7, 11) is -3.94. The molecule has 4 rings (SSSR count). The number of rotatable bonds is 4. The Balaban J connectivity index is 1.70. The molecule has 2 aliphatic carbocycles. The fourth-order valence-electron chi connectivity index (χ4n) is 4.36. The maximum Gasteiger partial charge on any atom is 0.416 e. The molecule has 1 aliphatic heterocycles. The maximum atomic E-state index is 13.2. The van der Waals surface area contributed by atoms with E-state index in [0.29, 0.717) is 5.92 Å². The molecule has 0 bridgehead atoms. The van der Waals surface area contributed by atoms with Gasteiger partial charge in [0.2, 0.25) is 10.0 Å². The topological polar surface area (TPSA) is 49.4 Å². The number of sulfonamides is 1. The number of hydrogen-bond acceptors (Lipinski definition) is 3. The van der Waals surface area contributed by atoms with Crippen molar-refractivity contribution in [2.75, 3.05) is 13.1 Å². The van der Waals surface area contributed by atoms with Crippen LogP contribution in [0.2, 0.25) is 0 Å². The normalized spacial score (nSPS) is 30.0. The summed E-state index contributed by atoms with van der Waals surface area (Å²) in [6, 6.07) is 3.96. The average Bonchev–Trinajstić information content (AvgIpc) is 3.12. The maximum absolute atomic E-state index is 13.2. The predicted molar refractivity (Wildman–Crippen MR) is 86.4 cm³/mol.